The number of sulfonamides is 1. The first-order valence-electron chi connectivity index (χ1n) is 5.05. The fourth-order valence-electron chi connectivity index (χ4n) is 1.43. The Labute approximate surface area is 128 Å². The van der Waals surface area contributed by atoms with E-state index < -0.39 is 10.0 Å². The third-order valence-electron chi connectivity index (χ3n) is 2.28. The number of furan rings is 1. The van der Waals surface area contributed by atoms with Gasteiger partial charge in [0.2, 0.25) is 10.0 Å². The molecule has 0 aliphatic heterocycles. The van der Waals surface area contributed by atoms with Gasteiger partial charge in [0.05, 0.1) is 22.6 Å². The molecular formula is C11H8BrCl2NO3S. The van der Waals surface area contributed by atoms with E-state index in [1.54, 1.807) is 6.07 Å². The second-order valence-corrected chi connectivity index (χ2v) is 7.09. The van der Waals surface area contributed by atoms with Gasteiger partial charge in [0, 0.05) is 16.6 Å². The van der Waals surface area contributed by atoms with Gasteiger partial charge >= 0.3 is 0 Å². The molecule has 0 fully saturated rings. The molecule has 0 saturated carbocycles. The summed E-state index contributed by atoms with van der Waals surface area (Å²) in [5, 5.41) is 0.109. The van der Waals surface area contributed by atoms with Crippen molar-refractivity contribution in [3.05, 3.63) is 50.8 Å². The van der Waals surface area contributed by atoms with E-state index in [-0.39, 0.29) is 21.5 Å². The number of rotatable bonds is 4. The summed E-state index contributed by atoms with van der Waals surface area (Å²) in [5.41, 5.74) is 0.702. The summed E-state index contributed by atoms with van der Waals surface area (Å²) in [6, 6.07) is 4.60. The summed E-state index contributed by atoms with van der Waals surface area (Å²) >= 11 is 15.0. The van der Waals surface area contributed by atoms with Gasteiger partial charge in [0.15, 0.2) is 0 Å². The quantitative estimate of drug-likeness (QED) is 0.871. The molecule has 2 rings (SSSR count). The normalized spacial score (nSPS) is 11.7. The fourth-order valence-corrected chi connectivity index (χ4v) is 4.38. The number of hydrogen-bond acceptors (Lipinski definition) is 3. The van der Waals surface area contributed by atoms with E-state index in [1.165, 1.54) is 24.7 Å². The molecule has 102 valence electrons. The van der Waals surface area contributed by atoms with Gasteiger partial charge in [-0.3, -0.25) is 0 Å². The van der Waals surface area contributed by atoms with Crippen molar-refractivity contribution in [2.75, 3.05) is 0 Å². The predicted molar refractivity (Wildman–Crippen MR) is 76.9 cm³/mol. The molecule has 0 radical (unpaired) electrons. The molecule has 1 N–H and O–H groups in total. The van der Waals surface area contributed by atoms with Gasteiger partial charge in [-0.15, -0.1) is 0 Å². The van der Waals surface area contributed by atoms with Crippen LogP contribution in [0.4, 0.5) is 0 Å². The molecule has 1 aromatic carbocycles. The highest BCUT2D eigenvalue weighted by Gasteiger charge is 2.22. The van der Waals surface area contributed by atoms with Gasteiger partial charge < -0.3 is 4.42 Å². The van der Waals surface area contributed by atoms with E-state index >= 15 is 0 Å². The number of hydrogen-bond donors (Lipinski definition) is 1. The van der Waals surface area contributed by atoms with Crippen LogP contribution in [-0.4, -0.2) is 8.42 Å². The minimum Gasteiger partial charge on any atom is -0.472 e. The average Bonchev–Trinajstić information content (AvgIpc) is 2.77. The van der Waals surface area contributed by atoms with Crippen LogP contribution in [0.3, 0.4) is 0 Å². The lowest BCUT2D eigenvalue weighted by Gasteiger charge is -2.09. The zero-order valence-electron chi connectivity index (χ0n) is 9.36. The van der Waals surface area contributed by atoms with Crippen LogP contribution in [0.25, 0.3) is 0 Å². The molecular weight excluding hydrogens is 377 g/mol. The summed E-state index contributed by atoms with van der Waals surface area (Å²) in [6.07, 6.45) is 2.91. The summed E-state index contributed by atoms with van der Waals surface area (Å²) in [6.45, 7) is 0.0988. The molecule has 8 heteroatoms. The van der Waals surface area contributed by atoms with E-state index in [0.29, 0.717) is 10.0 Å². The van der Waals surface area contributed by atoms with Crippen molar-refractivity contribution >= 4 is 49.2 Å². The largest absolute Gasteiger partial charge is 0.472 e. The van der Waals surface area contributed by atoms with Crippen LogP contribution in [0.15, 0.2) is 44.5 Å². The number of halogens is 3. The predicted octanol–water partition coefficient (Wildman–Crippen LogP) is 3.83. The van der Waals surface area contributed by atoms with Gasteiger partial charge in [-0.05, 0) is 18.2 Å². The molecule has 0 aliphatic rings. The molecule has 0 aliphatic carbocycles. The van der Waals surface area contributed by atoms with Gasteiger partial charge in [0.1, 0.15) is 4.90 Å². The molecule has 2 aromatic rings. The highest BCUT2D eigenvalue weighted by molar-refractivity contribution is 9.10. The van der Waals surface area contributed by atoms with Crippen molar-refractivity contribution in [2.24, 2.45) is 0 Å². The second-order valence-electron chi connectivity index (χ2n) is 3.65. The molecule has 1 heterocycles. The van der Waals surface area contributed by atoms with Crippen molar-refractivity contribution in [3.63, 3.8) is 0 Å². The highest BCUT2D eigenvalue weighted by atomic mass is 79.9. The van der Waals surface area contributed by atoms with Crippen LogP contribution < -0.4 is 4.72 Å². The molecule has 1 aromatic heterocycles. The summed E-state index contributed by atoms with van der Waals surface area (Å²) in [4.78, 5) is -0.137. The van der Waals surface area contributed by atoms with E-state index in [4.69, 9.17) is 27.6 Å². The molecule has 0 saturated heterocycles. The van der Waals surface area contributed by atoms with Crippen molar-refractivity contribution in [2.45, 2.75) is 11.4 Å². The number of nitrogens with one attached hydrogen (secondary N) is 1. The third kappa shape index (κ3) is 3.52. The Hall–Kier alpha value is -0.530. The maximum absolute atomic E-state index is 12.2. The first-order valence-corrected chi connectivity index (χ1v) is 8.08. The van der Waals surface area contributed by atoms with Crippen molar-refractivity contribution < 1.29 is 12.8 Å². The minimum atomic E-state index is -3.79. The van der Waals surface area contributed by atoms with Gasteiger partial charge in [0.25, 0.3) is 0 Å². The van der Waals surface area contributed by atoms with Crippen LogP contribution in [0.5, 0.6) is 0 Å². The molecule has 0 amide bonds. The van der Waals surface area contributed by atoms with E-state index in [9.17, 15) is 8.42 Å². The van der Waals surface area contributed by atoms with Gasteiger partial charge in [-0.1, -0.05) is 39.1 Å². The standard InChI is InChI=1S/C11H8BrCl2NO3S/c12-8-3-9(13)11(10(14)4-8)19(16,17)15-5-7-1-2-18-6-7/h1-4,6,15H,5H2. The number of benzene rings is 1. The lowest BCUT2D eigenvalue weighted by Crippen LogP contribution is -2.23. The lowest BCUT2D eigenvalue weighted by atomic mass is 10.4. The zero-order chi connectivity index (χ0) is 14.0. The van der Waals surface area contributed by atoms with Gasteiger partial charge in [-0.25, -0.2) is 13.1 Å². The zero-order valence-corrected chi connectivity index (χ0v) is 13.3. The topological polar surface area (TPSA) is 59.3 Å². The summed E-state index contributed by atoms with van der Waals surface area (Å²) in [5.74, 6) is 0. The smallest absolute Gasteiger partial charge is 0.243 e. The van der Waals surface area contributed by atoms with E-state index in [1.807, 2.05) is 0 Å². The molecule has 0 atom stereocenters. The van der Waals surface area contributed by atoms with Crippen molar-refractivity contribution in [1.82, 2.24) is 4.72 Å². The fraction of sp³-hybridized carbons (Fsp3) is 0.0909. The second kappa shape index (κ2) is 5.85. The Morgan fingerprint density at radius 2 is 1.89 bits per heavy atom. The van der Waals surface area contributed by atoms with Gasteiger partial charge in [-0.2, -0.15) is 0 Å². The third-order valence-corrected chi connectivity index (χ3v) is 5.06. The maximum atomic E-state index is 12.2. The Bertz CT molecular complexity index is 663. The maximum Gasteiger partial charge on any atom is 0.243 e. The van der Waals surface area contributed by atoms with Crippen LogP contribution in [0, 0.1) is 0 Å². The first kappa shape index (κ1) is 14.9. The van der Waals surface area contributed by atoms with E-state index in [0.717, 1.165) is 0 Å². The molecule has 0 spiro atoms. The minimum absolute atomic E-state index is 0.0547. The lowest BCUT2D eigenvalue weighted by molar-refractivity contribution is 0.561. The highest BCUT2D eigenvalue weighted by Crippen LogP contribution is 2.32. The Balaban J connectivity index is 2.29. The first-order chi connectivity index (χ1) is 8.90. The van der Waals surface area contributed by atoms with Crippen LogP contribution in [0.1, 0.15) is 5.56 Å². The van der Waals surface area contributed by atoms with Crippen molar-refractivity contribution in [1.29, 1.82) is 0 Å². The molecule has 0 bridgehead atoms. The monoisotopic (exact) mass is 383 g/mol. The summed E-state index contributed by atoms with van der Waals surface area (Å²) < 4.78 is 32.2. The Kier molecular flexibility index (Phi) is 4.58. The Morgan fingerprint density at radius 3 is 2.42 bits per heavy atom. The van der Waals surface area contributed by atoms with E-state index in [2.05, 4.69) is 20.7 Å². The average molecular weight is 385 g/mol. The molecule has 0 unspecified atom stereocenters. The van der Waals surface area contributed by atoms with Crippen LogP contribution >= 0.6 is 39.1 Å². The van der Waals surface area contributed by atoms with Crippen molar-refractivity contribution in [3.8, 4) is 0 Å². The van der Waals surface area contributed by atoms with Crippen LogP contribution in [0.2, 0.25) is 10.0 Å². The van der Waals surface area contributed by atoms with Crippen LogP contribution in [-0.2, 0) is 16.6 Å². The molecule has 4 nitrogen and oxygen atoms in total. The SMILES string of the molecule is O=S(=O)(NCc1ccoc1)c1c(Cl)cc(Br)cc1Cl. The summed E-state index contributed by atoms with van der Waals surface area (Å²) in [7, 11) is -3.79. The Morgan fingerprint density at radius 1 is 1.26 bits per heavy atom. The molecule has 19 heavy (non-hydrogen) atoms.